The van der Waals surface area contributed by atoms with Crippen molar-refractivity contribution in [3.05, 3.63) is 30.2 Å². The summed E-state index contributed by atoms with van der Waals surface area (Å²) in [6.07, 6.45) is 3.74. The van der Waals surface area contributed by atoms with Gasteiger partial charge in [0.2, 0.25) is 0 Å². The number of rotatable bonds is 7. The SMILES string of the molecule is CCCC[C@H](Nc1nccc2cc(OC)c(F)cc12)C(=O)O. The Morgan fingerprint density at radius 1 is 1.50 bits per heavy atom. The third-order valence-electron chi connectivity index (χ3n) is 3.49. The van der Waals surface area contributed by atoms with Crippen LogP contribution in [0.2, 0.25) is 0 Å². The molecule has 0 unspecified atom stereocenters. The number of aliphatic carboxylic acids is 1. The van der Waals surface area contributed by atoms with Gasteiger partial charge in [0.1, 0.15) is 11.9 Å². The first-order valence-corrected chi connectivity index (χ1v) is 7.18. The quantitative estimate of drug-likeness (QED) is 0.820. The van der Waals surface area contributed by atoms with E-state index in [2.05, 4.69) is 10.3 Å². The fourth-order valence-electron chi connectivity index (χ4n) is 2.28. The Balaban J connectivity index is 2.38. The van der Waals surface area contributed by atoms with E-state index in [1.807, 2.05) is 6.92 Å². The number of aromatic nitrogens is 1. The molecule has 0 bridgehead atoms. The zero-order valence-electron chi connectivity index (χ0n) is 12.6. The van der Waals surface area contributed by atoms with Crippen LogP contribution in [0.3, 0.4) is 0 Å². The molecule has 0 spiro atoms. The summed E-state index contributed by atoms with van der Waals surface area (Å²) in [5.74, 6) is -0.944. The van der Waals surface area contributed by atoms with Gasteiger partial charge < -0.3 is 15.2 Å². The van der Waals surface area contributed by atoms with E-state index in [0.717, 1.165) is 18.2 Å². The second-order valence-corrected chi connectivity index (χ2v) is 5.04. The van der Waals surface area contributed by atoms with E-state index in [1.165, 1.54) is 13.2 Å². The van der Waals surface area contributed by atoms with Crippen LogP contribution in [0, 0.1) is 5.82 Å². The second kappa shape index (κ2) is 7.06. The Hall–Kier alpha value is -2.37. The summed E-state index contributed by atoms with van der Waals surface area (Å²) in [6, 6.07) is 3.86. The number of halogens is 1. The third-order valence-corrected chi connectivity index (χ3v) is 3.49. The highest BCUT2D eigenvalue weighted by Crippen LogP contribution is 2.28. The number of nitrogens with one attached hydrogen (secondary N) is 1. The molecule has 0 saturated carbocycles. The number of pyridine rings is 1. The molecule has 1 atom stereocenters. The van der Waals surface area contributed by atoms with E-state index in [-0.39, 0.29) is 5.75 Å². The standard InChI is InChI=1S/C16H19FN2O3/c1-3-4-5-13(16(20)21)19-15-11-9-12(17)14(22-2)8-10(11)6-7-18-15/h6-9,13H,3-5H2,1-2H3,(H,18,19)(H,20,21)/t13-/m0/s1. The molecular weight excluding hydrogens is 287 g/mol. The molecule has 22 heavy (non-hydrogen) atoms. The van der Waals surface area contributed by atoms with E-state index in [1.54, 1.807) is 18.3 Å². The van der Waals surface area contributed by atoms with Gasteiger partial charge in [0.25, 0.3) is 0 Å². The normalized spacial score (nSPS) is 12.1. The van der Waals surface area contributed by atoms with Crippen molar-refractivity contribution in [1.82, 2.24) is 4.98 Å². The number of carboxylic acid groups (broad SMARTS) is 1. The molecule has 0 fully saturated rings. The van der Waals surface area contributed by atoms with Gasteiger partial charge in [-0.2, -0.15) is 0 Å². The van der Waals surface area contributed by atoms with Crippen molar-refractivity contribution >= 4 is 22.6 Å². The zero-order valence-corrected chi connectivity index (χ0v) is 12.6. The summed E-state index contributed by atoms with van der Waals surface area (Å²) in [5.41, 5.74) is 0. The summed E-state index contributed by atoms with van der Waals surface area (Å²) in [7, 11) is 1.40. The van der Waals surface area contributed by atoms with Crippen LogP contribution in [-0.2, 0) is 4.79 Å². The smallest absolute Gasteiger partial charge is 0.326 e. The summed E-state index contributed by atoms with van der Waals surface area (Å²) in [4.78, 5) is 15.5. The molecular formula is C16H19FN2O3. The molecule has 0 aliphatic carbocycles. The lowest BCUT2D eigenvalue weighted by atomic mass is 10.1. The lowest BCUT2D eigenvalue weighted by Gasteiger charge is -2.16. The van der Waals surface area contributed by atoms with Gasteiger partial charge in [-0.15, -0.1) is 0 Å². The first-order valence-electron chi connectivity index (χ1n) is 7.18. The maximum Gasteiger partial charge on any atom is 0.326 e. The number of carboxylic acids is 1. The Bertz CT molecular complexity index is 676. The zero-order chi connectivity index (χ0) is 16.1. The molecule has 6 heteroatoms. The number of unbranched alkanes of at least 4 members (excludes halogenated alkanes) is 1. The van der Waals surface area contributed by atoms with Crippen LogP contribution in [0.1, 0.15) is 26.2 Å². The molecule has 2 aromatic rings. The van der Waals surface area contributed by atoms with Gasteiger partial charge in [-0.3, -0.25) is 0 Å². The number of hydrogen-bond acceptors (Lipinski definition) is 4. The number of fused-ring (bicyclic) bond motifs is 1. The summed E-state index contributed by atoms with van der Waals surface area (Å²) in [6.45, 7) is 2.00. The van der Waals surface area contributed by atoms with Gasteiger partial charge in [0, 0.05) is 11.6 Å². The number of benzene rings is 1. The van der Waals surface area contributed by atoms with Crippen LogP contribution >= 0.6 is 0 Å². The third kappa shape index (κ3) is 3.44. The van der Waals surface area contributed by atoms with Crippen LogP contribution in [0.4, 0.5) is 10.2 Å². The minimum atomic E-state index is -0.943. The molecule has 1 aromatic heterocycles. The molecule has 1 aromatic carbocycles. The van der Waals surface area contributed by atoms with Gasteiger partial charge in [-0.25, -0.2) is 14.2 Å². The maximum absolute atomic E-state index is 13.9. The minimum Gasteiger partial charge on any atom is -0.494 e. The largest absolute Gasteiger partial charge is 0.494 e. The van der Waals surface area contributed by atoms with Crippen molar-refractivity contribution in [2.75, 3.05) is 12.4 Å². The molecule has 118 valence electrons. The van der Waals surface area contributed by atoms with Crippen molar-refractivity contribution in [2.24, 2.45) is 0 Å². The Labute approximate surface area is 128 Å². The molecule has 5 nitrogen and oxygen atoms in total. The second-order valence-electron chi connectivity index (χ2n) is 5.04. The fourth-order valence-corrected chi connectivity index (χ4v) is 2.28. The van der Waals surface area contributed by atoms with Gasteiger partial charge in [-0.05, 0) is 30.0 Å². The molecule has 2 rings (SSSR count). The average molecular weight is 306 g/mol. The lowest BCUT2D eigenvalue weighted by molar-refractivity contribution is -0.138. The van der Waals surface area contributed by atoms with E-state index < -0.39 is 17.8 Å². The Morgan fingerprint density at radius 2 is 2.27 bits per heavy atom. The highest BCUT2D eigenvalue weighted by molar-refractivity contribution is 5.94. The number of ether oxygens (including phenoxy) is 1. The summed E-state index contributed by atoms with van der Waals surface area (Å²) >= 11 is 0. The first kappa shape index (κ1) is 16.0. The summed E-state index contributed by atoms with van der Waals surface area (Å²) in [5, 5.41) is 13.5. The number of anilines is 1. The van der Waals surface area contributed by atoms with Crippen molar-refractivity contribution in [3.63, 3.8) is 0 Å². The number of carbonyl (C=O) groups is 1. The highest BCUT2D eigenvalue weighted by Gasteiger charge is 2.18. The number of methoxy groups -OCH3 is 1. The Morgan fingerprint density at radius 3 is 2.91 bits per heavy atom. The molecule has 0 radical (unpaired) electrons. The van der Waals surface area contributed by atoms with Gasteiger partial charge >= 0.3 is 5.97 Å². The van der Waals surface area contributed by atoms with Crippen LogP contribution in [-0.4, -0.2) is 29.2 Å². The van der Waals surface area contributed by atoms with E-state index in [0.29, 0.717) is 17.6 Å². The van der Waals surface area contributed by atoms with Gasteiger partial charge in [-0.1, -0.05) is 19.8 Å². The van der Waals surface area contributed by atoms with E-state index in [4.69, 9.17) is 4.74 Å². The van der Waals surface area contributed by atoms with Crippen LogP contribution in [0.15, 0.2) is 24.4 Å². The van der Waals surface area contributed by atoms with Crippen LogP contribution in [0.25, 0.3) is 10.8 Å². The molecule has 0 amide bonds. The van der Waals surface area contributed by atoms with Crippen LogP contribution in [0.5, 0.6) is 5.75 Å². The molecule has 0 saturated heterocycles. The summed E-state index contributed by atoms with van der Waals surface area (Å²) < 4.78 is 18.9. The number of hydrogen-bond donors (Lipinski definition) is 2. The predicted octanol–water partition coefficient (Wildman–Crippen LogP) is 3.44. The van der Waals surface area contributed by atoms with Crippen molar-refractivity contribution < 1.29 is 19.0 Å². The highest BCUT2D eigenvalue weighted by atomic mass is 19.1. The predicted molar refractivity (Wildman–Crippen MR) is 82.8 cm³/mol. The lowest BCUT2D eigenvalue weighted by Crippen LogP contribution is -2.29. The average Bonchev–Trinajstić information content (AvgIpc) is 2.50. The van der Waals surface area contributed by atoms with Gasteiger partial charge in [0.15, 0.2) is 11.6 Å². The first-order chi connectivity index (χ1) is 10.6. The van der Waals surface area contributed by atoms with Gasteiger partial charge in [0.05, 0.1) is 7.11 Å². The molecule has 1 heterocycles. The molecule has 0 aliphatic rings. The molecule has 0 aliphatic heterocycles. The van der Waals surface area contributed by atoms with Crippen molar-refractivity contribution in [2.45, 2.75) is 32.2 Å². The minimum absolute atomic E-state index is 0.144. The van der Waals surface area contributed by atoms with Crippen LogP contribution < -0.4 is 10.1 Å². The van der Waals surface area contributed by atoms with Crippen molar-refractivity contribution in [1.29, 1.82) is 0 Å². The monoisotopic (exact) mass is 306 g/mol. The van der Waals surface area contributed by atoms with E-state index in [9.17, 15) is 14.3 Å². The fraction of sp³-hybridized carbons (Fsp3) is 0.375. The topological polar surface area (TPSA) is 71.5 Å². The number of nitrogens with zero attached hydrogens (tertiary/aromatic N) is 1. The maximum atomic E-state index is 13.9. The van der Waals surface area contributed by atoms with Crippen molar-refractivity contribution in [3.8, 4) is 5.75 Å². The van der Waals surface area contributed by atoms with E-state index >= 15 is 0 Å². The Kier molecular flexibility index (Phi) is 5.14. The molecule has 2 N–H and O–H groups in total.